The number of hydrogen-bond donors (Lipinski definition) is 2. The Bertz CT molecular complexity index is 1130. The number of carbonyl (C=O) groups is 2. The molecule has 0 aromatic heterocycles. The summed E-state index contributed by atoms with van der Waals surface area (Å²) in [7, 11) is -4.39. The molecule has 0 aromatic carbocycles. The van der Waals surface area contributed by atoms with E-state index in [1.807, 2.05) is 0 Å². The Kier molecular flexibility index (Phi) is 39.2. The Morgan fingerprint density at radius 1 is 0.545 bits per heavy atom. The summed E-state index contributed by atoms with van der Waals surface area (Å²) < 4.78 is 32.7. The Labute approximate surface area is 335 Å². The lowest BCUT2D eigenvalue weighted by Crippen LogP contribution is -2.29. The van der Waals surface area contributed by atoms with Crippen LogP contribution in [0.15, 0.2) is 72.9 Å². The standard InChI is InChI=1S/C45H78NO8P/c1-3-5-7-9-11-13-15-17-19-21-23-25-27-29-31-33-35-37-44(47)51-41-43(42-53-55(49,50)52-40-39-46)54-45(48)38-36-34-32-30-28-26-24-22-20-18-16-14-12-10-8-6-4-2/h7,9,12-15,18-21,25,27,43H,3-6,8,10-11,16-17,22-24,26,28-42,46H2,1-2H3,(H,49,50)/b9-7+,14-12+,15-13+,20-18+,21-19+,27-25+/t43-/m1/s1. The molecule has 0 aromatic rings. The summed E-state index contributed by atoms with van der Waals surface area (Å²) in [5, 5.41) is 0. The molecular formula is C45H78NO8P. The number of hydrogen-bond acceptors (Lipinski definition) is 8. The molecule has 0 aliphatic rings. The van der Waals surface area contributed by atoms with Crippen LogP contribution in [0.25, 0.3) is 0 Å². The minimum absolute atomic E-state index is 0.0438. The van der Waals surface area contributed by atoms with Gasteiger partial charge in [-0.05, 0) is 83.5 Å². The molecule has 3 N–H and O–H groups in total. The number of unbranched alkanes of at least 4 members (excludes halogenated alkanes) is 14. The van der Waals surface area contributed by atoms with Crippen LogP contribution in [0.3, 0.4) is 0 Å². The maximum absolute atomic E-state index is 12.6. The van der Waals surface area contributed by atoms with Crippen LogP contribution in [0, 0.1) is 0 Å². The second kappa shape index (κ2) is 41.1. The number of phosphoric acid groups is 1. The van der Waals surface area contributed by atoms with Crippen molar-refractivity contribution in [2.45, 2.75) is 174 Å². The van der Waals surface area contributed by atoms with Crippen LogP contribution in [0.5, 0.6) is 0 Å². The molecule has 9 nitrogen and oxygen atoms in total. The van der Waals surface area contributed by atoms with Crippen molar-refractivity contribution >= 4 is 19.8 Å². The Morgan fingerprint density at radius 3 is 1.49 bits per heavy atom. The van der Waals surface area contributed by atoms with Crippen LogP contribution in [0.2, 0.25) is 0 Å². The summed E-state index contributed by atoms with van der Waals surface area (Å²) in [5.41, 5.74) is 5.34. The van der Waals surface area contributed by atoms with Gasteiger partial charge in [-0.25, -0.2) is 4.57 Å². The zero-order valence-electron chi connectivity index (χ0n) is 34.6. The highest BCUT2D eigenvalue weighted by Gasteiger charge is 2.26. The van der Waals surface area contributed by atoms with Crippen molar-refractivity contribution in [3.63, 3.8) is 0 Å². The summed E-state index contributed by atoms with van der Waals surface area (Å²) in [4.78, 5) is 34.9. The van der Waals surface area contributed by atoms with E-state index in [9.17, 15) is 19.0 Å². The van der Waals surface area contributed by atoms with Gasteiger partial charge in [-0.15, -0.1) is 0 Å². The highest BCUT2D eigenvalue weighted by atomic mass is 31.2. The van der Waals surface area contributed by atoms with Gasteiger partial charge in [-0.1, -0.05) is 145 Å². The lowest BCUT2D eigenvalue weighted by atomic mass is 10.1. The lowest BCUT2D eigenvalue weighted by Gasteiger charge is -2.19. The summed E-state index contributed by atoms with van der Waals surface area (Å²) in [6, 6.07) is 0. The van der Waals surface area contributed by atoms with Gasteiger partial charge < -0.3 is 20.1 Å². The second-order valence-electron chi connectivity index (χ2n) is 13.8. The summed E-state index contributed by atoms with van der Waals surface area (Å²) >= 11 is 0. The fraction of sp³-hybridized carbons (Fsp3) is 0.689. The number of carbonyl (C=O) groups excluding carboxylic acids is 2. The molecule has 10 heteroatoms. The fourth-order valence-electron chi connectivity index (χ4n) is 5.36. The van der Waals surface area contributed by atoms with Crippen LogP contribution in [0.4, 0.5) is 0 Å². The first-order valence-corrected chi connectivity index (χ1v) is 22.9. The van der Waals surface area contributed by atoms with Crippen LogP contribution in [-0.4, -0.2) is 49.3 Å². The average Bonchev–Trinajstić information content (AvgIpc) is 3.17. The van der Waals surface area contributed by atoms with Crippen molar-refractivity contribution < 1.29 is 37.6 Å². The van der Waals surface area contributed by atoms with Crippen molar-refractivity contribution in [1.29, 1.82) is 0 Å². The molecule has 2 atom stereocenters. The summed E-state index contributed by atoms with van der Waals surface area (Å²) in [5.74, 6) is -0.880. The van der Waals surface area contributed by atoms with Gasteiger partial charge in [0, 0.05) is 19.4 Å². The van der Waals surface area contributed by atoms with Crippen molar-refractivity contribution in [2.24, 2.45) is 5.73 Å². The van der Waals surface area contributed by atoms with Gasteiger partial charge in [0.1, 0.15) is 6.61 Å². The SMILES string of the molecule is CCC/C=C/C/C=C/C/C=C/C/C=C/CCCCCC(=O)OC[C@H](COP(=O)(O)OCCN)OC(=O)CCCCCCCCC/C=C/C/C=C/CCCCC. The van der Waals surface area contributed by atoms with Gasteiger partial charge in [0.05, 0.1) is 13.2 Å². The van der Waals surface area contributed by atoms with Crippen molar-refractivity contribution in [2.75, 3.05) is 26.4 Å². The van der Waals surface area contributed by atoms with Crippen molar-refractivity contribution in [1.82, 2.24) is 0 Å². The van der Waals surface area contributed by atoms with Gasteiger partial charge in [-0.2, -0.15) is 0 Å². The van der Waals surface area contributed by atoms with E-state index in [2.05, 4.69) is 86.8 Å². The minimum Gasteiger partial charge on any atom is -0.462 e. The molecule has 0 radical (unpaired) electrons. The van der Waals surface area contributed by atoms with Crippen LogP contribution in [-0.2, 0) is 32.7 Å². The predicted molar refractivity (Wildman–Crippen MR) is 229 cm³/mol. The van der Waals surface area contributed by atoms with Crippen molar-refractivity contribution in [3.8, 4) is 0 Å². The van der Waals surface area contributed by atoms with E-state index in [0.29, 0.717) is 12.8 Å². The Morgan fingerprint density at radius 2 is 0.982 bits per heavy atom. The maximum atomic E-state index is 12.6. The molecule has 0 aliphatic carbocycles. The molecule has 0 heterocycles. The first-order chi connectivity index (χ1) is 26.8. The lowest BCUT2D eigenvalue weighted by molar-refractivity contribution is -0.161. The molecule has 1 unspecified atom stereocenters. The number of allylic oxidation sites excluding steroid dienone is 12. The minimum atomic E-state index is -4.39. The molecule has 0 fully saturated rings. The zero-order chi connectivity index (χ0) is 40.3. The average molecular weight is 792 g/mol. The number of nitrogens with two attached hydrogens (primary N) is 1. The van der Waals surface area contributed by atoms with E-state index < -0.39 is 32.5 Å². The van der Waals surface area contributed by atoms with E-state index in [1.54, 1.807) is 0 Å². The van der Waals surface area contributed by atoms with E-state index in [-0.39, 0.29) is 32.6 Å². The van der Waals surface area contributed by atoms with Gasteiger partial charge in [0.15, 0.2) is 6.10 Å². The molecule has 0 saturated carbocycles. The maximum Gasteiger partial charge on any atom is 0.472 e. The van der Waals surface area contributed by atoms with E-state index in [1.165, 1.54) is 51.4 Å². The van der Waals surface area contributed by atoms with Crippen LogP contribution >= 0.6 is 7.82 Å². The second-order valence-corrected chi connectivity index (χ2v) is 15.3. The topological polar surface area (TPSA) is 134 Å². The zero-order valence-corrected chi connectivity index (χ0v) is 35.5. The third-order valence-electron chi connectivity index (χ3n) is 8.55. The number of phosphoric ester groups is 1. The van der Waals surface area contributed by atoms with Crippen LogP contribution < -0.4 is 5.73 Å². The molecule has 0 spiro atoms. The summed E-state index contributed by atoms with van der Waals surface area (Å²) in [6.45, 7) is 3.58. The third-order valence-corrected chi connectivity index (χ3v) is 9.53. The predicted octanol–water partition coefficient (Wildman–Crippen LogP) is 12.3. The van der Waals surface area contributed by atoms with Gasteiger partial charge >= 0.3 is 19.8 Å². The van der Waals surface area contributed by atoms with E-state index >= 15 is 0 Å². The van der Waals surface area contributed by atoms with Crippen molar-refractivity contribution in [3.05, 3.63) is 72.9 Å². The highest BCUT2D eigenvalue weighted by molar-refractivity contribution is 7.47. The van der Waals surface area contributed by atoms with E-state index in [4.69, 9.17) is 24.3 Å². The highest BCUT2D eigenvalue weighted by Crippen LogP contribution is 2.43. The van der Waals surface area contributed by atoms with Gasteiger partial charge in [-0.3, -0.25) is 18.6 Å². The Hall–Kier alpha value is -2.55. The van der Waals surface area contributed by atoms with Gasteiger partial charge in [0.25, 0.3) is 0 Å². The molecule has 316 valence electrons. The number of esters is 2. The molecule has 55 heavy (non-hydrogen) atoms. The number of rotatable bonds is 39. The molecule has 0 saturated heterocycles. The Balaban J connectivity index is 4.25. The molecule has 0 bridgehead atoms. The molecule has 0 rings (SSSR count). The third kappa shape index (κ3) is 40.9. The largest absolute Gasteiger partial charge is 0.472 e. The normalized spacial score (nSPS) is 14.0. The quantitative estimate of drug-likeness (QED) is 0.0270. The van der Waals surface area contributed by atoms with Gasteiger partial charge in [0.2, 0.25) is 0 Å². The first kappa shape index (κ1) is 52.5. The number of ether oxygens (including phenoxy) is 2. The molecular weight excluding hydrogens is 713 g/mol. The summed E-state index contributed by atoms with van der Waals surface area (Å²) in [6.07, 6.45) is 49.2. The monoisotopic (exact) mass is 792 g/mol. The fourth-order valence-corrected chi connectivity index (χ4v) is 6.13. The van der Waals surface area contributed by atoms with Crippen LogP contribution in [0.1, 0.15) is 168 Å². The first-order valence-electron chi connectivity index (χ1n) is 21.4. The molecule has 0 amide bonds. The smallest absolute Gasteiger partial charge is 0.462 e. The molecule has 0 aliphatic heterocycles. The van der Waals surface area contributed by atoms with E-state index in [0.717, 1.165) is 77.0 Å².